The van der Waals surface area contributed by atoms with Gasteiger partial charge in [-0.25, -0.2) is 0 Å². The van der Waals surface area contributed by atoms with Gasteiger partial charge >= 0.3 is 0 Å². The fourth-order valence-corrected chi connectivity index (χ4v) is 9.02. The van der Waals surface area contributed by atoms with Crippen molar-refractivity contribution in [1.82, 2.24) is 19.6 Å². The lowest BCUT2D eigenvalue weighted by Gasteiger charge is -2.27. The molecule has 0 bridgehead atoms. The van der Waals surface area contributed by atoms with Crippen molar-refractivity contribution in [2.24, 2.45) is 24.8 Å². The maximum atomic E-state index is 3.46. The van der Waals surface area contributed by atoms with Crippen molar-refractivity contribution >= 4 is 0 Å². The Kier molecular flexibility index (Phi) is 218. The monoisotopic (exact) mass is 1640 g/mol. The van der Waals surface area contributed by atoms with Crippen molar-refractivity contribution in [3.8, 4) is 0 Å². The van der Waals surface area contributed by atoms with E-state index in [9.17, 15) is 0 Å². The largest absolute Gasteiger partial charge is 0.306 e. The lowest BCUT2D eigenvalue weighted by atomic mass is 9.82. The number of aromatic nitrogens is 2. The zero-order chi connectivity index (χ0) is 92.5. The second-order valence-electron chi connectivity index (χ2n) is 28.4. The van der Waals surface area contributed by atoms with Crippen molar-refractivity contribution < 1.29 is 9.13 Å². The van der Waals surface area contributed by atoms with Crippen LogP contribution in [0.15, 0.2) is 161 Å². The maximum Gasteiger partial charge on any atom is 0.233 e. The number of unbranched alkanes of at least 4 members (excludes halogenated alkanes) is 4. The average molecular weight is 1640 g/mol. The summed E-state index contributed by atoms with van der Waals surface area (Å²) >= 11 is 0. The van der Waals surface area contributed by atoms with Crippen LogP contribution in [0.5, 0.6) is 0 Å². The van der Waals surface area contributed by atoms with E-state index in [0.29, 0.717) is 0 Å². The summed E-state index contributed by atoms with van der Waals surface area (Å²) in [6.45, 7) is 109. The third-order valence-corrected chi connectivity index (χ3v) is 16.9. The summed E-state index contributed by atoms with van der Waals surface area (Å²) in [7, 11) is 4.23. The number of hydrogen-bond donors (Lipinski definition) is 0. The van der Waals surface area contributed by atoms with Gasteiger partial charge in [-0.15, -0.1) is 32.9 Å². The molecule has 1 aromatic carbocycles. The highest BCUT2D eigenvalue weighted by Gasteiger charge is 2.16. The van der Waals surface area contributed by atoms with Gasteiger partial charge in [0.25, 0.3) is 0 Å². The number of nitrogens with zero attached hydrogens (tertiary/aromatic N) is 6. The van der Waals surface area contributed by atoms with Gasteiger partial charge in [0.2, 0.25) is 24.8 Å². The van der Waals surface area contributed by atoms with Crippen molar-refractivity contribution in [2.45, 2.75) is 443 Å². The van der Waals surface area contributed by atoms with E-state index < -0.39 is 0 Å². The van der Waals surface area contributed by atoms with Crippen LogP contribution in [0, 0.1) is 24.7 Å². The van der Waals surface area contributed by atoms with Crippen molar-refractivity contribution in [3.63, 3.8) is 0 Å². The Labute approximate surface area is 743 Å². The minimum atomic E-state index is 0. The molecule has 116 heavy (non-hydrogen) atoms. The Hall–Kier alpha value is -4.20. The van der Waals surface area contributed by atoms with E-state index in [1.807, 2.05) is 144 Å². The Morgan fingerprint density at radius 2 is 0.664 bits per heavy atom. The second kappa shape index (κ2) is 166. The molecule has 0 amide bonds. The highest BCUT2D eigenvalue weighted by atomic mass is 15.1. The lowest BCUT2D eigenvalue weighted by molar-refractivity contribution is -0.738. The van der Waals surface area contributed by atoms with E-state index in [0.717, 1.165) is 30.7 Å². The van der Waals surface area contributed by atoms with Crippen molar-refractivity contribution in [2.75, 3.05) is 79.0 Å². The van der Waals surface area contributed by atoms with Gasteiger partial charge in [0.15, 0.2) is 0 Å². The fourth-order valence-electron chi connectivity index (χ4n) is 9.02. The van der Waals surface area contributed by atoms with E-state index in [1.165, 1.54) is 263 Å². The molecule has 2 aromatic rings. The van der Waals surface area contributed by atoms with Gasteiger partial charge in [-0.05, 0) is 243 Å². The van der Waals surface area contributed by atoms with Crippen LogP contribution in [0.25, 0.3) is 0 Å². The van der Waals surface area contributed by atoms with Crippen molar-refractivity contribution in [3.05, 3.63) is 173 Å². The van der Waals surface area contributed by atoms with Crippen LogP contribution in [0.3, 0.4) is 0 Å². The van der Waals surface area contributed by atoms with Gasteiger partial charge in [-0.1, -0.05) is 405 Å². The van der Waals surface area contributed by atoms with Crippen LogP contribution in [-0.4, -0.2) is 98.6 Å². The minimum Gasteiger partial charge on any atom is -0.306 e. The quantitative estimate of drug-likeness (QED) is 0.113. The average Bonchev–Trinajstić information content (AvgIpc) is 0.946. The number of piperidine rings is 4. The summed E-state index contributed by atoms with van der Waals surface area (Å²) in [5.41, 5.74) is 2.76. The third-order valence-electron chi connectivity index (χ3n) is 16.9. The highest BCUT2D eigenvalue weighted by molar-refractivity contribution is 5.20. The molecule has 7 rings (SSSR count). The minimum absolute atomic E-state index is 0. The summed E-state index contributed by atoms with van der Waals surface area (Å²) in [4.78, 5) is 9.97. The van der Waals surface area contributed by atoms with E-state index in [4.69, 9.17) is 0 Å². The van der Waals surface area contributed by atoms with E-state index >= 15 is 0 Å². The number of benzene rings is 1. The molecule has 6 nitrogen and oxygen atoms in total. The molecular formula is C110H232N6+2. The van der Waals surface area contributed by atoms with E-state index in [-0.39, 0.29) is 7.43 Å². The van der Waals surface area contributed by atoms with Crippen LogP contribution in [0.4, 0.5) is 0 Å². The molecule has 0 atom stereocenters. The van der Waals surface area contributed by atoms with E-state index in [2.05, 4.69) is 279 Å². The predicted molar refractivity (Wildman–Crippen MR) is 558 cm³/mol. The molecule has 0 N–H and O–H groups in total. The van der Waals surface area contributed by atoms with Gasteiger partial charge in [0, 0.05) is 0 Å². The molecule has 5 heterocycles. The first-order chi connectivity index (χ1) is 55.5. The number of aryl methyl sites for hydroxylation is 4. The normalized spacial score (nSPS) is 14.4. The predicted octanol–water partition coefficient (Wildman–Crippen LogP) is 35.8. The van der Waals surface area contributed by atoms with Gasteiger partial charge in [0.1, 0.15) is 13.6 Å². The number of rotatable bonds is 13. The smallest absolute Gasteiger partial charge is 0.233 e. The van der Waals surface area contributed by atoms with Gasteiger partial charge in [0.05, 0.1) is 0 Å². The summed E-state index contributed by atoms with van der Waals surface area (Å²) in [5.74, 6) is 3.12. The van der Waals surface area contributed by atoms with E-state index in [1.54, 1.807) is 24.3 Å². The molecular weight excluding hydrogens is 1410 g/mol. The van der Waals surface area contributed by atoms with Crippen molar-refractivity contribution in [1.29, 1.82) is 0 Å². The second-order valence-corrected chi connectivity index (χ2v) is 28.4. The van der Waals surface area contributed by atoms with Gasteiger partial charge < -0.3 is 19.6 Å². The summed E-state index contributed by atoms with van der Waals surface area (Å²) < 4.78 is 4.14. The number of hydrogen-bond acceptors (Lipinski definition) is 4. The molecule has 700 valence electrons. The van der Waals surface area contributed by atoms with Crippen LogP contribution < -0.4 is 9.13 Å². The number of likely N-dealkylation sites (tertiary alicyclic amines) is 4. The Bertz CT molecular complexity index is 1720. The van der Waals surface area contributed by atoms with Crippen LogP contribution in [-0.2, 0) is 20.0 Å². The molecule has 5 fully saturated rings. The van der Waals surface area contributed by atoms with Crippen LogP contribution >= 0.6 is 0 Å². The molecule has 6 heteroatoms. The summed E-state index contributed by atoms with van der Waals surface area (Å²) in [5, 5.41) is 0. The first kappa shape index (κ1) is 153. The Morgan fingerprint density at radius 1 is 0.388 bits per heavy atom. The third kappa shape index (κ3) is 185. The molecule has 1 aromatic heterocycles. The molecule has 5 aliphatic rings. The van der Waals surface area contributed by atoms with Gasteiger partial charge in [-0.2, -0.15) is 9.13 Å². The maximum absolute atomic E-state index is 3.46. The Balaban J connectivity index is -0.0000000598. The SMILES string of the molecule is C.C=C.C=CC.C=CC.C=CC.C=CC=CC.CC.CC.CC=CC.CC=CC.CC=CCCC.CCC.CCC.CCC.CCC1CCC(C)CC1.CCC1CCN(C)CC1.CCCC.CCCC.CCCC.CCN1CCCCC1.CCN1CCCCC1.CCN1CCCCC1.CC[n+]1cc[n+](C)cc1.CCc1ccc(C)cc1. The molecule has 0 spiro atoms. The Morgan fingerprint density at radius 3 is 0.836 bits per heavy atom. The summed E-state index contributed by atoms with van der Waals surface area (Å²) in [6.07, 6.45) is 71.1. The zero-order valence-electron chi connectivity index (χ0n) is 87.2. The molecule has 0 unspecified atom stereocenters. The lowest BCUT2D eigenvalue weighted by Crippen LogP contribution is -2.38. The zero-order valence-corrected chi connectivity index (χ0v) is 87.2. The topological polar surface area (TPSA) is 20.7 Å². The van der Waals surface area contributed by atoms with Gasteiger partial charge in [-0.3, -0.25) is 0 Å². The highest BCUT2D eigenvalue weighted by Crippen LogP contribution is 2.29. The van der Waals surface area contributed by atoms with Crippen LogP contribution in [0.2, 0.25) is 0 Å². The number of allylic oxidation sites excluding steroid dienone is 12. The first-order valence-corrected chi connectivity index (χ1v) is 48.5. The summed E-state index contributed by atoms with van der Waals surface area (Å²) in [6, 6.07) is 8.66. The first-order valence-electron chi connectivity index (χ1n) is 48.5. The fraction of sp³-hybridized carbons (Fsp3) is 0.745. The molecule has 4 aliphatic heterocycles. The molecule has 0 radical (unpaired) electrons. The van der Waals surface area contributed by atoms with Crippen LogP contribution in [0.1, 0.15) is 434 Å². The standard InChI is InChI=1S/C9H18.C9H12.C8H17N.C7H12N2.3C7H15N.C6H12.C5H8.3C4H10.2C4H8.3C3H8.3C3H6.2C2H6.C2H4.CH4/c2*1-3-9-6-4-8(2)5-7-9;1-3-8-4-6-9(2)7-5-8;1-3-9-6-4-8(2)5-7-9;3*1-2-8-6-4-3-5-7-8;1-3-5-6-4-2;1-3-5-4-2;5*1-3-4-2;6*1-3-2;3*1-2;/h8-9H,3-7H2,1-2H3;4-7H,3H2,1-2H3;8H,3-7H2,1-2H3;4-7H,3H2,1-2H3;3*2-7H2,1H3;3,5H,4,6H2,1-2H3;3-5H,1H2,2H3;3*3-4H2,1-2H3;2*3-4H,1-2H3;3*3H2,1-2H3;3*3H,1H2,2H3;2*1-2H3;1-2H2;1H4/q;;;+2;;;;;;;;;;;;;;;;;;;;. The molecule has 1 saturated carbocycles. The molecule has 1 aliphatic carbocycles. The molecule has 4 saturated heterocycles.